The Balaban J connectivity index is 2.07. The maximum Gasteiger partial charge on any atom is 0.327 e. The van der Waals surface area contributed by atoms with Crippen molar-refractivity contribution in [2.45, 2.75) is 19.4 Å². The summed E-state index contributed by atoms with van der Waals surface area (Å²) in [5.74, 6) is -0.0654. The van der Waals surface area contributed by atoms with Crippen molar-refractivity contribution in [2.75, 3.05) is 26.2 Å². The van der Waals surface area contributed by atoms with Gasteiger partial charge in [-0.1, -0.05) is 0 Å². The van der Waals surface area contributed by atoms with Crippen LogP contribution in [0.15, 0.2) is 0 Å². The summed E-state index contributed by atoms with van der Waals surface area (Å²) in [6.45, 7) is 4.32. The molecule has 5 heteroatoms. The highest BCUT2D eigenvalue weighted by atomic mass is 16.2. The van der Waals surface area contributed by atoms with E-state index in [1.54, 1.807) is 4.90 Å². The first-order chi connectivity index (χ1) is 6.74. The third-order valence-corrected chi connectivity index (χ3v) is 2.87. The predicted octanol–water partition coefficient (Wildman–Crippen LogP) is -0.368. The maximum atomic E-state index is 11.7. The van der Waals surface area contributed by atoms with Crippen LogP contribution in [0.4, 0.5) is 4.79 Å². The molecule has 0 aromatic rings. The highest BCUT2D eigenvalue weighted by Gasteiger charge is 2.39. The SMILES string of the molecule is CCN1C(=O)CN(C2CCNC2)C1=O. The van der Waals surface area contributed by atoms with E-state index in [1.807, 2.05) is 6.92 Å². The summed E-state index contributed by atoms with van der Waals surface area (Å²) < 4.78 is 0. The summed E-state index contributed by atoms with van der Waals surface area (Å²) in [6.07, 6.45) is 0.955. The first-order valence-electron chi connectivity index (χ1n) is 5.05. The number of urea groups is 1. The topological polar surface area (TPSA) is 52.7 Å². The van der Waals surface area contributed by atoms with Gasteiger partial charge in [0.1, 0.15) is 6.54 Å². The van der Waals surface area contributed by atoms with Gasteiger partial charge >= 0.3 is 6.03 Å². The minimum absolute atomic E-state index is 0.0654. The van der Waals surface area contributed by atoms with Crippen LogP contribution >= 0.6 is 0 Å². The molecule has 0 spiro atoms. The van der Waals surface area contributed by atoms with Gasteiger partial charge in [-0.05, 0) is 19.9 Å². The van der Waals surface area contributed by atoms with Crippen LogP contribution in [-0.4, -0.2) is 54.0 Å². The van der Waals surface area contributed by atoms with Crippen LogP contribution in [0, 0.1) is 0 Å². The van der Waals surface area contributed by atoms with Crippen molar-refractivity contribution in [1.29, 1.82) is 0 Å². The van der Waals surface area contributed by atoms with Gasteiger partial charge in [0.15, 0.2) is 0 Å². The Bertz CT molecular complexity index is 261. The quantitative estimate of drug-likeness (QED) is 0.615. The molecule has 0 radical (unpaired) electrons. The molecule has 2 saturated heterocycles. The van der Waals surface area contributed by atoms with Crippen LogP contribution in [0.3, 0.4) is 0 Å². The van der Waals surface area contributed by atoms with Crippen LogP contribution in [-0.2, 0) is 4.79 Å². The van der Waals surface area contributed by atoms with Crippen LogP contribution in [0.2, 0.25) is 0 Å². The number of likely N-dealkylation sites (N-methyl/N-ethyl adjacent to an activating group) is 1. The highest BCUT2D eigenvalue weighted by Crippen LogP contribution is 2.17. The normalized spacial score (nSPS) is 27.9. The van der Waals surface area contributed by atoms with Crippen molar-refractivity contribution in [3.8, 4) is 0 Å². The third-order valence-electron chi connectivity index (χ3n) is 2.87. The molecule has 14 heavy (non-hydrogen) atoms. The molecule has 1 atom stereocenters. The fourth-order valence-electron chi connectivity index (χ4n) is 2.06. The summed E-state index contributed by atoms with van der Waals surface area (Å²) >= 11 is 0. The van der Waals surface area contributed by atoms with Gasteiger partial charge in [0.25, 0.3) is 0 Å². The lowest BCUT2D eigenvalue weighted by Gasteiger charge is -2.21. The van der Waals surface area contributed by atoms with Crippen molar-refractivity contribution in [3.05, 3.63) is 0 Å². The van der Waals surface area contributed by atoms with Crippen LogP contribution in [0.5, 0.6) is 0 Å². The fourth-order valence-corrected chi connectivity index (χ4v) is 2.06. The summed E-state index contributed by atoms with van der Waals surface area (Å²) in [6, 6.07) is 0.0919. The molecule has 2 aliphatic rings. The van der Waals surface area contributed by atoms with E-state index >= 15 is 0 Å². The zero-order chi connectivity index (χ0) is 10.1. The van der Waals surface area contributed by atoms with E-state index in [2.05, 4.69) is 5.32 Å². The lowest BCUT2D eigenvalue weighted by molar-refractivity contribution is -0.125. The van der Waals surface area contributed by atoms with Gasteiger partial charge in [-0.25, -0.2) is 4.79 Å². The van der Waals surface area contributed by atoms with Crippen LogP contribution < -0.4 is 5.32 Å². The van der Waals surface area contributed by atoms with E-state index in [4.69, 9.17) is 0 Å². The number of hydrogen-bond acceptors (Lipinski definition) is 3. The van der Waals surface area contributed by atoms with E-state index < -0.39 is 0 Å². The molecule has 3 amide bonds. The number of amides is 3. The van der Waals surface area contributed by atoms with Crippen molar-refractivity contribution < 1.29 is 9.59 Å². The molecular weight excluding hydrogens is 182 g/mol. The lowest BCUT2D eigenvalue weighted by atomic mass is 10.2. The largest absolute Gasteiger partial charge is 0.327 e. The number of nitrogens with zero attached hydrogens (tertiary/aromatic N) is 2. The van der Waals surface area contributed by atoms with E-state index in [1.165, 1.54) is 4.90 Å². The average molecular weight is 197 g/mol. The Hall–Kier alpha value is -1.10. The predicted molar refractivity (Wildman–Crippen MR) is 50.8 cm³/mol. The molecule has 1 unspecified atom stereocenters. The molecule has 1 N–H and O–H groups in total. The summed E-state index contributed by atoms with van der Waals surface area (Å²) in [5.41, 5.74) is 0. The first kappa shape index (κ1) is 9.45. The minimum atomic E-state index is -0.119. The van der Waals surface area contributed by atoms with Gasteiger partial charge in [-0.2, -0.15) is 0 Å². The molecular formula is C9H15N3O2. The number of carbonyl (C=O) groups is 2. The van der Waals surface area contributed by atoms with Gasteiger partial charge in [0.05, 0.1) is 0 Å². The number of hydrogen-bond donors (Lipinski definition) is 1. The fraction of sp³-hybridized carbons (Fsp3) is 0.778. The Morgan fingerprint density at radius 3 is 2.79 bits per heavy atom. The first-order valence-corrected chi connectivity index (χ1v) is 5.05. The molecule has 2 aliphatic heterocycles. The third kappa shape index (κ3) is 1.37. The highest BCUT2D eigenvalue weighted by molar-refractivity contribution is 6.02. The Morgan fingerprint density at radius 1 is 1.50 bits per heavy atom. The van der Waals surface area contributed by atoms with Crippen molar-refractivity contribution >= 4 is 11.9 Å². The van der Waals surface area contributed by atoms with Crippen molar-refractivity contribution in [2.24, 2.45) is 0 Å². The molecule has 0 aromatic heterocycles. The monoisotopic (exact) mass is 197 g/mol. The van der Waals surface area contributed by atoms with Crippen molar-refractivity contribution in [1.82, 2.24) is 15.1 Å². The smallest absolute Gasteiger partial charge is 0.315 e. The molecule has 5 nitrogen and oxygen atoms in total. The van der Waals surface area contributed by atoms with Gasteiger partial charge in [0.2, 0.25) is 5.91 Å². The second-order valence-electron chi connectivity index (χ2n) is 3.70. The number of carbonyl (C=O) groups excluding carboxylic acids is 2. The van der Waals surface area contributed by atoms with Crippen LogP contribution in [0.1, 0.15) is 13.3 Å². The zero-order valence-electron chi connectivity index (χ0n) is 8.32. The van der Waals surface area contributed by atoms with Crippen molar-refractivity contribution in [3.63, 3.8) is 0 Å². The van der Waals surface area contributed by atoms with E-state index in [0.29, 0.717) is 6.54 Å². The Kier molecular flexibility index (Phi) is 2.41. The Labute approximate surface area is 83.0 Å². The molecule has 78 valence electrons. The zero-order valence-corrected chi connectivity index (χ0v) is 8.32. The standard InChI is InChI=1S/C9H15N3O2/c1-2-11-8(13)6-12(9(11)14)7-3-4-10-5-7/h7,10H,2-6H2,1H3. The molecule has 2 fully saturated rings. The number of rotatable bonds is 2. The summed E-state index contributed by atoms with van der Waals surface area (Å²) in [5, 5.41) is 3.19. The lowest BCUT2D eigenvalue weighted by Crippen LogP contribution is -2.40. The van der Waals surface area contributed by atoms with Crippen LogP contribution in [0.25, 0.3) is 0 Å². The van der Waals surface area contributed by atoms with E-state index in [9.17, 15) is 9.59 Å². The maximum absolute atomic E-state index is 11.7. The summed E-state index contributed by atoms with van der Waals surface area (Å²) in [7, 11) is 0. The van der Waals surface area contributed by atoms with E-state index in [0.717, 1.165) is 19.5 Å². The van der Waals surface area contributed by atoms with Gasteiger partial charge < -0.3 is 10.2 Å². The number of imide groups is 1. The Morgan fingerprint density at radius 2 is 2.29 bits per heavy atom. The molecule has 0 aliphatic carbocycles. The molecule has 0 saturated carbocycles. The summed E-state index contributed by atoms with van der Waals surface area (Å²) in [4.78, 5) is 26.2. The average Bonchev–Trinajstić information content (AvgIpc) is 2.74. The van der Waals surface area contributed by atoms with E-state index in [-0.39, 0.29) is 24.5 Å². The molecule has 2 heterocycles. The van der Waals surface area contributed by atoms with Gasteiger partial charge in [-0.15, -0.1) is 0 Å². The molecule has 0 bridgehead atoms. The van der Waals surface area contributed by atoms with Gasteiger partial charge in [-0.3, -0.25) is 9.69 Å². The second-order valence-corrected chi connectivity index (χ2v) is 3.70. The second kappa shape index (κ2) is 3.57. The molecule has 2 rings (SSSR count). The molecule has 0 aromatic carbocycles. The number of nitrogens with one attached hydrogen (secondary N) is 1. The minimum Gasteiger partial charge on any atom is -0.315 e. The van der Waals surface area contributed by atoms with Gasteiger partial charge in [0, 0.05) is 19.1 Å².